The smallest absolute Gasteiger partial charge is 0.367 e. The summed E-state index contributed by atoms with van der Waals surface area (Å²) in [4.78, 5) is 19.2. The first-order valence-electron chi connectivity index (χ1n) is 6.10. The molecular weight excluding hydrogens is 260 g/mol. The zero-order valence-corrected chi connectivity index (χ0v) is 10.6. The second-order valence-corrected chi connectivity index (χ2v) is 4.18. The van der Waals surface area contributed by atoms with E-state index in [1.807, 2.05) is 30.3 Å². The van der Waals surface area contributed by atoms with E-state index < -0.39 is 5.69 Å². The average Bonchev–Trinajstić information content (AvgIpc) is 2.77. The minimum Gasteiger partial charge on any atom is -0.462 e. The summed E-state index contributed by atoms with van der Waals surface area (Å²) in [7, 11) is 0. The lowest BCUT2D eigenvalue weighted by Gasteiger charge is -2.06. The van der Waals surface area contributed by atoms with Crippen molar-refractivity contribution in [3.63, 3.8) is 0 Å². The van der Waals surface area contributed by atoms with E-state index in [1.165, 1.54) is 6.20 Å². The van der Waals surface area contributed by atoms with Crippen LogP contribution in [0.25, 0.3) is 0 Å². The molecule has 20 heavy (non-hydrogen) atoms. The quantitative estimate of drug-likeness (QED) is 0.816. The van der Waals surface area contributed by atoms with Crippen LogP contribution in [0.2, 0.25) is 0 Å². The van der Waals surface area contributed by atoms with Crippen LogP contribution in [-0.4, -0.2) is 23.6 Å². The fourth-order valence-corrected chi connectivity index (χ4v) is 1.92. The number of ether oxygens (including phenoxy) is 3. The van der Waals surface area contributed by atoms with Crippen molar-refractivity contribution in [1.29, 1.82) is 0 Å². The van der Waals surface area contributed by atoms with Gasteiger partial charge in [-0.3, -0.25) is 0 Å². The second-order valence-electron chi connectivity index (χ2n) is 4.18. The highest BCUT2D eigenvalue weighted by Crippen LogP contribution is 2.30. The van der Waals surface area contributed by atoms with Crippen molar-refractivity contribution in [2.75, 3.05) is 13.6 Å². The summed E-state index contributed by atoms with van der Waals surface area (Å²) in [5.74, 6) is 0.768. The van der Waals surface area contributed by atoms with E-state index in [-0.39, 0.29) is 13.6 Å². The Balaban J connectivity index is 2.07. The predicted molar refractivity (Wildman–Crippen MR) is 69.6 cm³/mol. The van der Waals surface area contributed by atoms with E-state index >= 15 is 0 Å². The lowest BCUT2D eigenvalue weighted by molar-refractivity contribution is -0.0353. The van der Waals surface area contributed by atoms with Gasteiger partial charge in [0.2, 0.25) is 0 Å². The summed E-state index contributed by atoms with van der Waals surface area (Å²) in [6.07, 6.45) is 1.77. The van der Waals surface area contributed by atoms with Crippen LogP contribution in [-0.2, 0) is 11.2 Å². The first-order valence-corrected chi connectivity index (χ1v) is 6.10. The standard InChI is InChI=1S/C14H12N2O4/c17-14-15-7-12-13(20-9-18-8-19-12)11(16-14)6-10-4-2-1-3-5-10/h1-5,7H,6,8-9H2. The Morgan fingerprint density at radius 2 is 1.90 bits per heavy atom. The van der Waals surface area contributed by atoms with E-state index in [0.717, 1.165) is 5.56 Å². The lowest BCUT2D eigenvalue weighted by atomic mass is 10.1. The highest BCUT2D eigenvalue weighted by molar-refractivity contribution is 5.42. The maximum absolute atomic E-state index is 11.6. The molecule has 1 aromatic carbocycles. The van der Waals surface area contributed by atoms with E-state index in [9.17, 15) is 4.79 Å². The summed E-state index contributed by atoms with van der Waals surface area (Å²) < 4.78 is 15.9. The van der Waals surface area contributed by atoms with Crippen LogP contribution in [0.1, 0.15) is 11.3 Å². The largest absolute Gasteiger partial charge is 0.462 e. The van der Waals surface area contributed by atoms with Crippen molar-refractivity contribution in [3.8, 4) is 11.5 Å². The minimum absolute atomic E-state index is 0.0503. The maximum Gasteiger partial charge on any atom is 0.367 e. The van der Waals surface area contributed by atoms with E-state index in [2.05, 4.69) is 9.97 Å². The molecule has 2 heterocycles. The first kappa shape index (κ1) is 12.6. The van der Waals surface area contributed by atoms with Crippen LogP contribution in [0, 0.1) is 0 Å². The highest BCUT2D eigenvalue weighted by Gasteiger charge is 2.16. The monoisotopic (exact) mass is 272 g/mol. The first-order chi connectivity index (χ1) is 9.83. The maximum atomic E-state index is 11.6. The molecule has 1 aliphatic rings. The second kappa shape index (κ2) is 5.66. The van der Waals surface area contributed by atoms with Gasteiger partial charge in [0, 0.05) is 6.42 Å². The number of fused-ring (bicyclic) bond motifs is 1. The third-order valence-electron chi connectivity index (χ3n) is 2.81. The van der Waals surface area contributed by atoms with Crippen molar-refractivity contribution in [2.24, 2.45) is 0 Å². The molecule has 0 N–H and O–H groups in total. The molecule has 1 aliphatic heterocycles. The van der Waals surface area contributed by atoms with Gasteiger partial charge < -0.3 is 14.2 Å². The number of benzene rings is 1. The van der Waals surface area contributed by atoms with E-state index in [1.54, 1.807) is 0 Å². The lowest BCUT2D eigenvalue weighted by Crippen LogP contribution is -2.09. The molecular formula is C14H12N2O4. The fourth-order valence-electron chi connectivity index (χ4n) is 1.92. The molecule has 0 aliphatic carbocycles. The molecule has 0 saturated carbocycles. The Kier molecular flexibility index (Phi) is 3.56. The van der Waals surface area contributed by atoms with Gasteiger partial charge in [-0.1, -0.05) is 30.3 Å². The molecule has 1 aromatic heterocycles. The molecule has 0 atom stereocenters. The van der Waals surface area contributed by atoms with Gasteiger partial charge in [-0.2, -0.15) is 9.97 Å². The van der Waals surface area contributed by atoms with Crippen LogP contribution in [0.3, 0.4) is 0 Å². The summed E-state index contributed by atoms with van der Waals surface area (Å²) in [6, 6.07) is 9.68. The van der Waals surface area contributed by atoms with Crippen LogP contribution in [0.4, 0.5) is 0 Å². The molecule has 0 radical (unpaired) electrons. The van der Waals surface area contributed by atoms with Crippen molar-refractivity contribution < 1.29 is 14.2 Å². The molecule has 0 unspecified atom stereocenters. The Hall–Kier alpha value is -2.47. The van der Waals surface area contributed by atoms with Crippen molar-refractivity contribution in [3.05, 3.63) is 58.3 Å². The van der Waals surface area contributed by atoms with Crippen LogP contribution in [0.5, 0.6) is 11.5 Å². The third-order valence-corrected chi connectivity index (χ3v) is 2.81. The van der Waals surface area contributed by atoms with E-state index in [4.69, 9.17) is 14.2 Å². The van der Waals surface area contributed by atoms with Gasteiger partial charge in [0.25, 0.3) is 0 Å². The number of aromatic nitrogens is 2. The molecule has 0 spiro atoms. The summed E-state index contributed by atoms with van der Waals surface area (Å²) in [6.45, 7) is 0.104. The molecule has 102 valence electrons. The summed E-state index contributed by atoms with van der Waals surface area (Å²) in [5.41, 5.74) is 0.929. The molecule has 6 nitrogen and oxygen atoms in total. The number of hydrogen-bond acceptors (Lipinski definition) is 6. The zero-order chi connectivity index (χ0) is 13.8. The van der Waals surface area contributed by atoms with Crippen LogP contribution < -0.4 is 15.2 Å². The van der Waals surface area contributed by atoms with Crippen molar-refractivity contribution in [2.45, 2.75) is 6.42 Å². The van der Waals surface area contributed by atoms with Gasteiger partial charge in [-0.05, 0) is 5.56 Å². The van der Waals surface area contributed by atoms with Gasteiger partial charge in [-0.25, -0.2) is 4.79 Å². The Labute approximate surface area is 115 Å². The minimum atomic E-state index is -0.572. The Morgan fingerprint density at radius 1 is 1.10 bits per heavy atom. The van der Waals surface area contributed by atoms with Crippen molar-refractivity contribution >= 4 is 0 Å². The van der Waals surface area contributed by atoms with Gasteiger partial charge in [0.05, 0.1) is 11.9 Å². The van der Waals surface area contributed by atoms with Gasteiger partial charge in [-0.15, -0.1) is 0 Å². The molecule has 0 amide bonds. The topological polar surface area (TPSA) is 70.5 Å². The van der Waals surface area contributed by atoms with E-state index in [0.29, 0.717) is 23.6 Å². The molecule has 6 heteroatoms. The molecule has 0 bridgehead atoms. The van der Waals surface area contributed by atoms with Crippen molar-refractivity contribution in [1.82, 2.24) is 9.97 Å². The van der Waals surface area contributed by atoms with Crippen LogP contribution in [0.15, 0.2) is 41.3 Å². The molecule has 3 rings (SSSR count). The Bertz CT molecular complexity index is 661. The number of rotatable bonds is 2. The van der Waals surface area contributed by atoms with Crippen LogP contribution >= 0.6 is 0 Å². The zero-order valence-electron chi connectivity index (χ0n) is 10.6. The molecule has 0 saturated heterocycles. The third kappa shape index (κ3) is 2.75. The highest BCUT2D eigenvalue weighted by atomic mass is 16.8. The number of nitrogens with zero attached hydrogens (tertiary/aromatic N) is 2. The van der Waals surface area contributed by atoms with Gasteiger partial charge in [0.15, 0.2) is 25.1 Å². The van der Waals surface area contributed by atoms with Gasteiger partial charge >= 0.3 is 5.69 Å². The molecule has 2 aromatic rings. The fraction of sp³-hybridized carbons (Fsp3) is 0.214. The number of hydrogen-bond donors (Lipinski definition) is 0. The summed E-state index contributed by atoms with van der Waals surface area (Å²) in [5, 5.41) is 0. The van der Waals surface area contributed by atoms with Gasteiger partial charge in [0.1, 0.15) is 0 Å². The SMILES string of the molecule is O=c1ncc2c(c(Cc3ccccc3)n1)OCOCO2. The normalized spacial score (nSPS) is 13.6. The average molecular weight is 272 g/mol. The molecule has 0 fully saturated rings. The summed E-state index contributed by atoms with van der Waals surface area (Å²) >= 11 is 0. The predicted octanol–water partition coefficient (Wildman–Crippen LogP) is 1.13. The Morgan fingerprint density at radius 3 is 2.75 bits per heavy atom.